The summed E-state index contributed by atoms with van der Waals surface area (Å²) in [4.78, 5) is 7.83. The monoisotopic (exact) mass is 362 g/mol. The first-order valence-corrected chi connectivity index (χ1v) is 6.39. The lowest BCUT2D eigenvalue weighted by Gasteiger charge is -1.87. The third-order valence-electron chi connectivity index (χ3n) is 1.57. The number of nitrogens with zero attached hydrogens (tertiary/aromatic N) is 2. The van der Waals surface area contributed by atoms with Crippen molar-refractivity contribution in [1.29, 1.82) is 0 Å². The van der Waals surface area contributed by atoms with E-state index in [4.69, 9.17) is 11.6 Å². The van der Waals surface area contributed by atoms with E-state index in [0.717, 1.165) is 14.6 Å². The Labute approximate surface area is 116 Å². The van der Waals surface area contributed by atoms with E-state index in [-0.39, 0.29) is 0 Å². The topological polar surface area (TPSA) is 25.8 Å². The van der Waals surface area contributed by atoms with Crippen LogP contribution in [0.5, 0.6) is 0 Å². The number of aromatic nitrogens is 2. The number of aryl methyl sites for hydroxylation is 1. The summed E-state index contributed by atoms with van der Waals surface area (Å²) in [6, 6.07) is 7.51. The van der Waals surface area contributed by atoms with Crippen LogP contribution in [0.3, 0.4) is 0 Å². The molecular formula is C11H9Br2ClN2. The van der Waals surface area contributed by atoms with Crippen molar-refractivity contribution in [3.8, 4) is 0 Å². The Bertz CT molecular complexity index is 343. The molecule has 0 aliphatic carbocycles. The van der Waals surface area contributed by atoms with Crippen LogP contribution >= 0.6 is 43.5 Å². The molecule has 0 aliphatic rings. The van der Waals surface area contributed by atoms with Crippen molar-refractivity contribution in [2.24, 2.45) is 0 Å². The first-order valence-electron chi connectivity index (χ1n) is 4.43. The maximum Gasteiger partial charge on any atom is 0.129 e. The number of rotatable bonds is 0. The largest absolute Gasteiger partial charge is 0.260 e. The lowest BCUT2D eigenvalue weighted by Crippen LogP contribution is -1.75. The summed E-state index contributed by atoms with van der Waals surface area (Å²) in [6.07, 6.45) is 3.44. The fourth-order valence-corrected chi connectivity index (χ4v) is 1.39. The van der Waals surface area contributed by atoms with Crippen molar-refractivity contribution < 1.29 is 0 Å². The lowest BCUT2D eigenvalue weighted by molar-refractivity contribution is 1.19. The predicted octanol–water partition coefficient (Wildman–Crippen LogP) is 4.65. The van der Waals surface area contributed by atoms with Gasteiger partial charge in [-0.15, -0.1) is 0 Å². The predicted molar refractivity (Wildman–Crippen MR) is 73.6 cm³/mol. The first kappa shape index (κ1) is 13.6. The molecule has 0 fully saturated rings. The van der Waals surface area contributed by atoms with Crippen LogP contribution in [-0.4, -0.2) is 9.97 Å². The van der Waals surface area contributed by atoms with Gasteiger partial charge in [0.25, 0.3) is 0 Å². The van der Waals surface area contributed by atoms with Crippen LogP contribution in [0.1, 0.15) is 5.69 Å². The Morgan fingerprint density at radius 2 is 1.50 bits per heavy atom. The molecule has 84 valence electrons. The molecule has 2 rings (SSSR count). The molecule has 0 saturated carbocycles. The number of halogens is 3. The summed E-state index contributed by atoms with van der Waals surface area (Å²) in [5, 5.41) is 0.521. The van der Waals surface area contributed by atoms with Gasteiger partial charge in [-0.2, -0.15) is 0 Å². The summed E-state index contributed by atoms with van der Waals surface area (Å²) in [5.41, 5.74) is 1.05. The molecule has 0 unspecified atom stereocenters. The van der Waals surface area contributed by atoms with Crippen LogP contribution in [0.15, 0.2) is 45.6 Å². The summed E-state index contributed by atoms with van der Waals surface area (Å²) in [5.74, 6) is 0. The normalized spacial score (nSPS) is 9.25. The van der Waals surface area contributed by atoms with Gasteiger partial charge in [0.1, 0.15) is 5.15 Å². The van der Waals surface area contributed by atoms with Gasteiger partial charge in [-0.05, 0) is 63.0 Å². The molecule has 0 radical (unpaired) electrons. The minimum atomic E-state index is 0.521. The third kappa shape index (κ3) is 5.58. The van der Waals surface area contributed by atoms with Crippen molar-refractivity contribution in [2.75, 3.05) is 0 Å². The molecule has 0 amide bonds. The van der Waals surface area contributed by atoms with Gasteiger partial charge in [-0.1, -0.05) is 11.6 Å². The Morgan fingerprint density at radius 1 is 0.938 bits per heavy atom. The molecule has 0 atom stereocenters. The maximum atomic E-state index is 5.48. The highest BCUT2D eigenvalue weighted by Gasteiger charge is 1.85. The van der Waals surface area contributed by atoms with E-state index in [2.05, 4.69) is 41.8 Å². The number of hydrogen-bond acceptors (Lipinski definition) is 2. The molecule has 0 aromatic carbocycles. The van der Waals surface area contributed by atoms with Gasteiger partial charge in [-0.25, -0.2) is 4.98 Å². The lowest BCUT2D eigenvalue weighted by atomic mass is 10.4. The smallest absolute Gasteiger partial charge is 0.129 e. The minimum Gasteiger partial charge on any atom is -0.260 e. The molecular weight excluding hydrogens is 355 g/mol. The average Bonchev–Trinajstić information content (AvgIpc) is 2.28. The molecule has 0 aliphatic heterocycles. The molecule has 2 heterocycles. The average molecular weight is 364 g/mol. The highest BCUT2D eigenvalue weighted by molar-refractivity contribution is 9.10. The van der Waals surface area contributed by atoms with Gasteiger partial charge >= 0.3 is 0 Å². The van der Waals surface area contributed by atoms with Gasteiger partial charge in [0, 0.05) is 27.0 Å². The molecule has 0 bridgehead atoms. The van der Waals surface area contributed by atoms with Crippen molar-refractivity contribution in [2.45, 2.75) is 6.92 Å². The van der Waals surface area contributed by atoms with Crippen molar-refractivity contribution in [3.05, 3.63) is 56.5 Å². The Balaban J connectivity index is 0.000000160. The number of hydrogen-bond donors (Lipinski definition) is 0. The van der Waals surface area contributed by atoms with Crippen molar-refractivity contribution in [1.82, 2.24) is 9.97 Å². The molecule has 0 spiro atoms. The van der Waals surface area contributed by atoms with Gasteiger partial charge in [0.15, 0.2) is 0 Å². The Kier molecular flexibility index (Phi) is 5.95. The summed E-state index contributed by atoms with van der Waals surface area (Å²) >= 11 is 12.0. The van der Waals surface area contributed by atoms with E-state index in [1.165, 1.54) is 0 Å². The van der Waals surface area contributed by atoms with Gasteiger partial charge in [0.05, 0.1) is 0 Å². The van der Waals surface area contributed by atoms with Gasteiger partial charge < -0.3 is 0 Å². The van der Waals surface area contributed by atoms with Crippen LogP contribution < -0.4 is 0 Å². The first-order chi connectivity index (χ1) is 7.58. The third-order valence-corrected chi connectivity index (χ3v) is 2.73. The van der Waals surface area contributed by atoms with Crippen LogP contribution in [0, 0.1) is 6.92 Å². The zero-order valence-electron chi connectivity index (χ0n) is 8.49. The van der Waals surface area contributed by atoms with E-state index in [9.17, 15) is 0 Å². The summed E-state index contributed by atoms with van der Waals surface area (Å²) < 4.78 is 1.98. The zero-order chi connectivity index (χ0) is 12.0. The molecule has 0 saturated heterocycles. The maximum absolute atomic E-state index is 5.48. The Morgan fingerprint density at radius 3 is 1.81 bits per heavy atom. The van der Waals surface area contributed by atoms with Crippen LogP contribution in [-0.2, 0) is 0 Å². The summed E-state index contributed by atoms with van der Waals surface area (Å²) in [7, 11) is 0. The molecule has 2 nitrogen and oxygen atoms in total. The second kappa shape index (κ2) is 6.99. The highest BCUT2D eigenvalue weighted by atomic mass is 79.9. The van der Waals surface area contributed by atoms with E-state index in [0.29, 0.717) is 5.15 Å². The molecule has 16 heavy (non-hydrogen) atoms. The van der Waals surface area contributed by atoms with E-state index in [1.807, 2.05) is 25.1 Å². The molecule has 5 heteroatoms. The van der Waals surface area contributed by atoms with E-state index in [1.54, 1.807) is 18.5 Å². The van der Waals surface area contributed by atoms with Crippen LogP contribution in [0.2, 0.25) is 5.15 Å². The quantitative estimate of drug-likeness (QED) is 0.636. The minimum absolute atomic E-state index is 0.521. The summed E-state index contributed by atoms with van der Waals surface area (Å²) in [6.45, 7) is 1.96. The van der Waals surface area contributed by atoms with Crippen molar-refractivity contribution >= 4 is 43.5 Å². The van der Waals surface area contributed by atoms with Gasteiger partial charge in [-0.3, -0.25) is 4.98 Å². The second-order valence-corrected chi connectivity index (χ2v) is 5.14. The number of pyridine rings is 2. The van der Waals surface area contributed by atoms with Gasteiger partial charge in [0.2, 0.25) is 0 Å². The van der Waals surface area contributed by atoms with Crippen LogP contribution in [0.4, 0.5) is 0 Å². The highest BCUT2D eigenvalue weighted by Crippen LogP contribution is 2.09. The van der Waals surface area contributed by atoms with Crippen LogP contribution in [0.25, 0.3) is 0 Å². The molecule has 2 aromatic heterocycles. The zero-order valence-corrected chi connectivity index (χ0v) is 12.4. The second-order valence-electron chi connectivity index (χ2n) is 2.92. The SMILES string of the molecule is Cc1ccc(Br)cn1.Clc1ccc(Br)cn1. The molecule has 0 N–H and O–H groups in total. The van der Waals surface area contributed by atoms with Crippen molar-refractivity contribution in [3.63, 3.8) is 0 Å². The van der Waals surface area contributed by atoms with E-state index >= 15 is 0 Å². The fraction of sp³-hybridized carbons (Fsp3) is 0.0909. The Hall–Kier alpha value is -0.450. The standard InChI is InChI=1S/C6H6BrN.C5H3BrClN/c1-5-2-3-6(7)4-8-5;6-4-1-2-5(7)8-3-4/h2-4H,1H3;1-3H. The molecule has 2 aromatic rings. The van der Waals surface area contributed by atoms with E-state index < -0.39 is 0 Å². The fourth-order valence-electron chi connectivity index (χ4n) is 0.808.